The van der Waals surface area contributed by atoms with Crippen molar-refractivity contribution in [2.45, 2.75) is 83.3 Å². The van der Waals surface area contributed by atoms with Gasteiger partial charge in [-0.25, -0.2) is 0 Å². The quantitative estimate of drug-likeness (QED) is 0.0611. The molecule has 0 aliphatic rings. The summed E-state index contributed by atoms with van der Waals surface area (Å²) in [7, 11) is 12.7. The summed E-state index contributed by atoms with van der Waals surface area (Å²) in [6, 6.07) is 0. The van der Waals surface area contributed by atoms with Crippen molar-refractivity contribution < 1.29 is 0 Å². The van der Waals surface area contributed by atoms with Crippen molar-refractivity contribution in [3.05, 3.63) is 72.9 Å². The third kappa shape index (κ3) is 30.0. The van der Waals surface area contributed by atoms with E-state index in [0.29, 0.717) is 5.25 Å². The number of unbranched alkanes of at least 4 members (excludes halogenated alkanes) is 2. The number of hydrogen-bond acceptors (Lipinski definition) is 5. The molecule has 0 aliphatic carbocycles. The molecule has 0 saturated carbocycles. The van der Waals surface area contributed by atoms with Crippen LogP contribution >= 0.6 is 43.2 Å². The van der Waals surface area contributed by atoms with Crippen molar-refractivity contribution in [1.82, 2.24) is 4.90 Å². The van der Waals surface area contributed by atoms with Crippen LogP contribution in [-0.2, 0) is 0 Å². The Labute approximate surface area is 241 Å². The molecule has 0 heterocycles. The fraction of sp³-hybridized carbons (Fsp3) is 0.613. The maximum atomic E-state index is 2.35. The zero-order valence-electron chi connectivity index (χ0n) is 23.5. The van der Waals surface area contributed by atoms with E-state index in [9.17, 15) is 0 Å². The van der Waals surface area contributed by atoms with Gasteiger partial charge in [-0.15, -0.1) is 0 Å². The van der Waals surface area contributed by atoms with E-state index in [2.05, 4.69) is 149 Å². The molecule has 0 bridgehead atoms. The van der Waals surface area contributed by atoms with Gasteiger partial charge in [0.15, 0.2) is 0 Å². The Morgan fingerprint density at radius 2 is 1.00 bits per heavy atom. The van der Waals surface area contributed by atoms with Crippen LogP contribution in [0.2, 0.25) is 0 Å². The highest BCUT2D eigenvalue weighted by Gasteiger charge is 2.11. The lowest BCUT2D eigenvalue weighted by Gasteiger charge is -2.19. The monoisotopic (exact) mass is 567 g/mol. The van der Waals surface area contributed by atoms with Gasteiger partial charge in [0.1, 0.15) is 0 Å². The molecule has 0 radical (unpaired) electrons. The summed E-state index contributed by atoms with van der Waals surface area (Å²) in [6.07, 6.45) is 38.7. The molecule has 0 fully saturated rings. The maximum Gasteiger partial charge on any atom is 0.0377 e. The molecule has 0 aromatic rings. The average Bonchev–Trinajstić information content (AvgIpc) is 2.86. The summed E-state index contributed by atoms with van der Waals surface area (Å²) < 4.78 is 0. The first kappa shape index (κ1) is 35.8. The molecule has 5 heteroatoms. The van der Waals surface area contributed by atoms with E-state index in [4.69, 9.17) is 0 Å². The van der Waals surface area contributed by atoms with Gasteiger partial charge in [-0.2, -0.15) is 0 Å². The standard InChI is InChI=1S/C31H53NS4/c1-5-7-9-11-13-15-17-19-21-23-25-27-33-35-30-31(29-32(3)4)36-34-28-26-24-22-20-18-16-14-12-10-8-6-2/h7-10,13-16,19-22,31H,5-6,11-12,17-18,23-30H2,1-4H3/b9-7+,10-8+,15-13+,16-14+,21-19+,22-20+. The van der Waals surface area contributed by atoms with Crippen LogP contribution in [0.1, 0.15) is 78.1 Å². The van der Waals surface area contributed by atoms with Crippen LogP contribution < -0.4 is 0 Å². The molecule has 0 amide bonds. The maximum absolute atomic E-state index is 2.35. The Morgan fingerprint density at radius 1 is 0.556 bits per heavy atom. The van der Waals surface area contributed by atoms with Gasteiger partial charge in [0, 0.05) is 29.1 Å². The molecule has 0 aliphatic heterocycles. The zero-order chi connectivity index (χ0) is 26.4. The molecule has 206 valence electrons. The second-order valence-corrected chi connectivity index (χ2v) is 14.2. The fourth-order valence-electron chi connectivity index (χ4n) is 3.02. The van der Waals surface area contributed by atoms with Gasteiger partial charge in [-0.05, 0) is 78.3 Å². The topological polar surface area (TPSA) is 3.24 Å². The highest BCUT2D eigenvalue weighted by molar-refractivity contribution is 8.78. The zero-order valence-corrected chi connectivity index (χ0v) is 26.8. The first-order valence-electron chi connectivity index (χ1n) is 13.8. The first-order valence-corrected chi connectivity index (χ1v) is 18.6. The largest absolute Gasteiger partial charge is 0.308 e. The third-order valence-electron chi connectivity index (χ3n) is 4.87. The van der Waals surface area contributed by atoms with Crippen LogP contribution in [0.3, 0.4) is 0 Å². The van der Waals surface area contributed by atoms with Crippen LogP contribution in [0, 0.1) is 0 Å². The van der Waals surface area contributed by atoms with Crippen molar-refractivity contribution in [3.8, 4) is 0 Å². The van der Waals surface area contributed by atoms with E-state index >= 15 is 0 Å². The molecule has 1 unspecified atom stereocenters. The predicted molar refractivity (Wildman–Crippen MR) is 180 cm³/mol. The highest BCUT2D eigenvalue weighted by Crippen LogP contribution is 2.33. The molecule has 0 saturated heterocycles. The number of allylic oxidation sites excluding steroid dienone is 12. The van der Waals surface area contributed by atoms with Crippen LogP contribution in [0.15, 0.2) is 72.9 Å². The van der Waals surface area contributed by atoms with E-state index in [1.54, 1.807) is 0 Å². The molecule has 0 spiro atoms. The molecule has 0 aromatic heterocycles. The lowest BCUT2D eigenvalue weighted by molar-refractivity contribution is 0.415. The molecule has 36 heavy (non-hydrogen) atoms. The Hall–Kier alpha value is -0.200. The number of nitrogens with zero attached hydrogens (tertiary/aromatic N) is 1. The van der Waals surface area contributed by atoms with Crippen molar-refractivity contribution in [2.75, 3.05) is 37.9 Å². The normalized spacial score (nSPS) is 13.9. The summed E-state index contributed by atoms with van der Waals surface area (Å²) in [5.74, 6) is 3.72. The average molecular weight is 568 g/mol. The fourth-order valence-corrected chi connectivity index (χ4v) is 8.78. The van der Waals surface area contributed by atoms with E-state index in [0.717, 1.165) is 45.1 Å². The summed E-state index contributed by atoms with van der Waals surface area (Å²) in [6.45, 7) is 5.52. The van der Waals surface area contributed by atoms with Crippen molar-refractivity contribution >= 4 is 43.2 Å². The number of hydrogen-bond donors (Lipinski definition) is 0. The van der Waals surface area contributed by atoms with Crippen LogP contribution in [0.25, 0.3) is 0 Å². The van der Waals surface area contributed by atoms with Gasteiger partial charge in [0.25, 0.3) is 0 Å². The molecule has 0 rings (SSSR count). The lowest BCUT2D eigenvalue weighted by Crippen LogP contribution is -2.24. The first-order chi connectivity index (χ1) is 17.7. The van der Waals surface area contributed by atoms with Crippen LogP contribution in [0.5, 0.6) is 0 Å². The van der Waals surface area contributed by atoms with E-state index in [1.165, 1.54) is 42.9 Å². The third-order valence-corrected chi connectivity index (χ3v) is 10.6. The molecular weight excluding hydrogens is 515 g/mol. The van der Waals surface area contributed by atoms with Gasteiger partial charge in [0.05, 0.1) is 0 Å². The summed E-state index contributed by atoms with van der Waals surface area (Å²) in [4.78, 5) is 2.33. The van der Waals surface area contributed by atoms with E-state index < -0.39 is 0 Å². The van der Waals surface area contributed by atoms with Gasteiger partial charge in [-0.3, -0.25) is 0 Å². The predicted octanol–water partition coefficient (Wildman–Crippen LogP) is 11.0. The second-order valence-electron chi connectivity index (χ2n) is 8.78. The Balaban J connectivity index is 3.75. The molecule has 0 aromatic carbocycles. The lowest BCUT2D eigenvalue weighted by atomic mass is 10.2. The van der Waals surface area contributed by atoms with Crippen molar-refractivity contribution in [2.24, 2.45) is 0 Å². The van der Waals surface area contributed by atoms with Crippen molar-refractivity contribution in [1.29, 1.82) is 0 Å². The minimum Gasteiger partial charge on any atom is -0.308 e. The van der Waals surface area contributed by atoms with Crippen LogP contribution in [-0.4, -0.2) is 48.0 Å². The minimum atomic E-state index is 0.698. The molecular formula is C31H53NS4. The molecule has 1 nitrogen and oxygen atoms in total. The Kier molecular flexibility index (Phi) is 30.8. The summed E-state index contributed by atoms with van der Waals surface area (Å²) in [5.41, 5.74) is 0. The van der Waals surface area contributed by atoms with Gasteiger partial charge >= 0.3 is 0 Å². The van der Waals surface area contributed by atoms with Gasteiger partial charge in [0.2, 0.25) is 0 Å². The minimum absolute atomic E-state index is 0.698. The summed E-state index contributed by atoms with van der Waals surface area (Å²) >= 11 is 0. The summed E-state index contributed by atoms with van der Waals surface area (Å²) in [5, 5.41) is 0.698. The second kappa shape index (κ2) is 31.0. The van der Waals surface area contributed by atoms with Gasteiger partial charge in [-0.1, -0.05) is 130 Å². The van der Waals surface area contributed by atoms with Crippen LogP contribution in [0.4, 0.5) is 0 Å². The van der Waals surface area contributed by atoms with E-state index in [1.807, 2.05) is 0 Å². The highest BCUT2D eigenvalue weighted by atomic mass is 33.1. The SMILES string of the molecule is CC/C=C/C/C=C/C/C=C/CCCSSCC(CN(C)C)SSCCC/C=C/C/C=C/C/C=C/CC. The molecule has 0 N–H and O–H groups in total. The Bertz CT molecular complexity index is 620. The van der Waals surface area contributed by atoms with Gasteiger partial charge < -0.3 is 4.90 Å². The van der Waals surface area contributed by atoms with E-state index in [-0.39, 0.29) is 0 Å². The molecule has 1 atom stereocenters. The van der Waals surface area contributed by atoms with Crippen molar-refractivity contribution in [3.63, 3.8) is 0 Å². The number of rotatable bonds is 25. The smallest absolute Gasteiger partial charge is 0.0377 e. The Morgan fingerprint density at radius 3 is 1.47 bits per heavy atom.